The Bertz CT molecular complexity index is 964. The summed E-state index contributed by atoms with van der Waals surface area (Å²) in [6.45, 7) is 1.25. The Morgan fingerprint density at radius 1 is 1.07 bits per heavy atom. The van der Waals surface area contributed by atoms with Crippen LogP contribution in [-0.2, 0) is 14.8 Å². The van der Waals surface area contributed by atoms with Gasteiger partial charge in [0.15, 0.2) is 11.5 Å². The number of carbonyl (C=O) groups excluding carboxylic acids is 1. The highest BCUT2D eigenvalue weighted by Crippen LogP contribution is 2.32. The quantitative estimate of drug-likeness (QED) is 0.623. The van der Waals surface area contributed by atoms with Gasteiger partial charge in [0.25, 0.3) is 0 Å². The molecular weight excluding hydrogens is 406 g/mol. The molecule has 2 N–H and O–H groups in total. The zero-order valence-electron chi connectivity index (χ0n) is 17.1. The lowest BCUT2D eigenvalue weighted by Crippen LogP contribution is -2.36. The molecule has 30 heavy (non-hydrogen) atoms. The van der Waals surface area contributed by atoms with Gasteiger partial charge in [-0.25, -0.2) is 13.1 Å². The van der Waals surface area contributed by atoms with Crippen LogP contribution in [0.2, 0.25) is 0 Å². The highest BCUT2D eigenvalue weighted by molar-refractivity contribution is 7.89. The number of ether oxygens (including phenoxy) is 2. The monoisotopic (exact) mass is 433 g/mol. The minimum atomic E-state index is -3.75. The Balaban J connectivity index is 1.50. The first kappa shape index (κ1) is 22.1. The van der Waals surface area contributed by atoms with Gasteiger partial charge in [0.2, 0.25) is 15.9 Å². The third-order valence-corrected chi connectivity index (χ3v) is 6.23. The van der Waals surface area contributed by atoms with Crippen LogP contribution in [0.15, 0.2) is 53.4 Å². The zero-order valence-corrected chi connectivity index (χ0v) is 17.9. The SMILES string of the molecule is CN(C)[C@@H](CNC(=O)CCNS(=O)(=O)c1ccc2c(c1)OCCO2)c1ccccc1. The maximum Gasteiger partial charge on any atom is 0.240 e. The van der Waals surface area contributed by atoms with Crippen molar-refractivity contribution in [3.63, 3.8) is 0 Å². The van der Waals surface area contributed by atoms with Crippen molar-refractivity contribution in [3.8, 4) is 11.5 Å². The molecule has 162 valence electrons. The van der Waals surface area contributed by atoms with E-state index in [9.17, 15) is 13.2 Å². The lowest BCUT2D eigenvalue weighted by molar-refractivity contribution is -0.121. The molecule has 0 saturated heterocycles. The van der Waals surface area contributed by atoms with Crippen LogP contribution in [0.4, 0.5) is 0 Å². The standard InChI is InChI=1S/C21H27N3O5S/c1-24(2)18(16-6-4-3-5-7-16)15-22-21(25)10-11-23-30(26,27)17-8-9-19-20(14-17)29-13-12-28-19/h3-9,14,18,23H,10-13,15H2,1-2H3,(H,22,25)/t18-/m0/s1. The summed E-state index contributed by atoms with van der Waals surface area (Å²) in [7, 11) is 0.148. The van der Waals surface area contributed by atoms with Crippen LogP contribution >= 0.6 is 0 Å². The first-order valence-corrected chi connectivity index (χ1v) is 11.2. The molecule has 8 nitrogen and oxygen atoms in total. The molecule has 1 atom stereocenters. The Hall–Kier alpha value is -2.62. The lowest BCUT2D eigenvalue weighted by Gasteiger charge is -2.25. The average Bonchev–Trinajstić information content (AvgIpc) is 2.74. The summed E-state index contributed by atoms with van der Waals surface area (Å²) in [6, 6.07) is 14.4. The number of amides is 1. The number of nitrogens with zero attached hydrogens (tertiary/aromatic N) is 1. The van der Waals surface area contributed by atoms with Crippen molar-refractivity contribution in [2.75, 3.05) is 40.4 Å². The molecule has 0 unspecified atom stereocenters. The summed E-state index contributed by atoms with van der Waals surface area (Å²) in [5.41, 5.74) is 1.10. The molecule has 0 spiro atoms. The molecule has 0 saturated carbocycles. The number of fused-ring (bicyclic) bond motifs is 1. The van der Waals surface area contributed by atoms with Crippen LogP contribution in [-0.4, -0.2) is 59.6 Å². The molecule has 1 heterocycles. The van der Waals surface area contributed by atoms with Gasteiger partial charge in [0, 0.05) is 25.6 Å². The average molecular weight is 434 g/mol. The van der Waals surface area contributed by atoms with Crippen molar-refractivity contribution >= 4 is 15.9 Å². The summed E-state index contributed by atoms with van der Waals surface area (Å²) in [4.78, 5) is 14.3. The first-order valence-electron chi connectivity index (χ1n) is 9.74. The summed E-state index contributed by atoms with van der Waals surface area (Å²) < 4.78 is 38.3. The van der Waals surface area contributed by atoms with Crippen molar-refractivity contribution in [1.82, 2.24) is 14.9 Å². The minimum absolute atomic E-state index is 0.000572. The number of rotatable bonds is 9. The molecule has 0 bridgehead atoms. The molecule has 1 aliphatic rings. The lowest BCUT2D eigenvalue weighted by atomic mass is 10.1. The highest BCUT2D eigenvalue weighted by atomic mass is 32.2. The maximum atomic E-state index is 12.5. The van der Waals surface area contributed by atoms with E-state index in [1.165, 1.54) is 12.1 Å². The smallest absolute Gasteiger partial charge is 0.240 e. The van der Waals surface area contributed by atoms with Gasteiger partial charge in [-0.05, 0) is 31.8 Å². The number of benzene rings is 2. The van der Waals surface area contributed by atoms with Crippen LogP contribution in [0.1, 0.15) is 18.0 Å². The fourth-order valence-corrected chi connectivity index (χ4v) is 4.19. The van der Waals surface area contributed by atoms with Gasteiger partial charge in [-0.3, -0.25) is 4.79 Å². The molecule has 2 aromatic carbocycles. The molecule has 1 amide bonds. The third-order valence-electron chi connectivity index (χ3n) is 4.77. The van der Waals surface area contributed by atoms with Crippen LogP contribution < -0.4 is 19.5 Å². The number of carbonyl (C=O) groups is 1. The molecule has 0 fully saturated rings. The topological polar surface area (TPSA) is 97.0 Å². The van der Waals surface area contributed by atoms with Gasteiger partial charge in [-0.1, -0.05) is 30.3 Å². The van der Waals surface area contributed by atoms with Crippen LogP contribution in [0.3, 0.4) is 0 Å². The largest absolute Gasteiger partial charge is 0.486 e. The van der Waals surface area contributed by atoms with E-state index >= 15 is 0 Å². The van der Waals surface area contributed by atoms with Gasteiger partial charge < -0.3 is 19.7 Å². The predicted molar refractivity (Wildman–Crippen MR) is 113 cm³/mol. The number of hydrogen-bond donors (Lipinski definition) is 2. The normalized spacial score (nSPS) is 14.4. The number of nitrogens with one attached hydrogen (secondary N) is 2. The Kier molecular flexibility index (Phi) is 7.30. The second-order valence-electron chi connectivity index (χ2n) is 7.15. The van der Waals surface area contributed by atoms with Crippen LogP contribution in [0, 0.1) is 0 Å². The summed E-state index contributed by atoms with van der Waals surface area (Å²) in [5.74, 6) is 0.702. The summed E-state index contributed by atoms with van der Waals surface area (Å²) in [5, 5.41) is 2.88. The molecule has 0 radical (unpaired) electrons. The number of likely N-dealkylation sites (N-methyl/N-ethyl adjacent to an activating group) is 1. The van der Waals surface area contributed by atoms with Gasteiger partial charge in [-0.2, -0.15) is 0 Å². The van der Waals surface area contributed by atoms with Crippen LogP contribution in [0.5, 0.6) is 11.5 Å². The second kappa shape index (κ2) is 9.92. The molecule has 0 aliphatic carbocycles. The third kappa shape index (κ3) is 5.71. The fraction of sp³-hybridized carbons (Fsp3) is 0.381. The van der Waals surface area contributed by atoms with E-state index in [1.807, 2.05) is 49.3 Å². The van der Waals surface area contributed by atoms with Gasteiger partial charge in [0.05, 0.1) is 10.9 Å². The van der Waals surface area contributed by atoms with E-state index in [4.69, 9.17) is 9.47 Å². The predicted octanol–water partition coefficient (Wildman–Crippen LogP) is 1.55. The minimum Gasteiger partial charge on any atom is -0.486 e. The Morgan fingerprint density at radius 2 is 1.77 bits per heavy atom. The van der Waals surface area contributed by atoms with Crippen LogP contribution in [0.25, 0.3) is 0 Å². The second-order valence-corrected chi connectivity index (χ2v) is 8.91. The summed E-state index contributed by atoms with van der Waals surface area (Å²) in [6.07, 6.45) is 0.0404. The van der Waals surface area contributed by atoms with Crippen molar-refractivity contribution in [1.29, 1.82) is 0 Å². The molecule has 3 rings (SSSR count). The van der Waals surface area contributed by atoms with E-state index in [0.717, 1.165) is 5.56 Å². The van der Waals surface area contributed by atoms with E-state index < -0.39 is 10.0 Å². The highest BCUT2D eigenvalue weighted by Gasteiger charge is 2.20. The van der Waals surface area contributed by atoms with E-state index in [-0.39, 0.29) is 29.8 Å². The number of hydrogen-bond acceptors (Lipinski definition) is 6. The van der Waals surface area contributed by atoms with Crippen molar-refractivity contribution in [3.05, 3.63) is 54.1 Å². The van der Waals surface area contributed by atoms with Gasteiger partial charge in [-0.15, -0.1) is 0 Å². The van der Waals surface area contributed by atoms with Gasteiger partial charge in [0.1, 0.15) is 13.2 Å². The molecule has 9 heteroatoms. The van der Waals surface area contributed by atoms with E-state index in [2.05, 4.69) is 10.0 Å². The number of sulfonamides is 1. The molecular formula is C21H27N3O5S. The molecule has 0 aromatic heterocycles. The maximum absolute atomic E-state index is 12.5. The van der Waals surface area contributed by atoms with Crippen molar-refractivity contribution in [2.45, 2.75) is 17.4 Å². The Labute approximate surface area is 177 Å². The van der Waals surface area contributed by atoms with E-state index in [0.29, 0.717) is 31.3 Å². The van der Waals surface area contributed by atoms with Gasteiger partial charge >= 0.3 is 0 Å². The van der Waals surface area contributed by atoms with Crippen molar-refractivity contribution < 1.29 is 22.7 Å². The van der Waals surface area contributed by atoms with E-state index in [1.54, 1.807) is 6.07 Å². The van der Waals surface area contributed by atoms with Crippen molar-refractivity contribution in [2.24, 2.45) is 0 Å². The molecule has 1 aliphatic heterocycles. The summed E-state index contributed by atoms with van der Waals surface area (Å²) >= 11 is 0. The zero-order chi connectivity index (χ0) is 21.6. The fourth-order valence-electron chi connectivity index (χ4n) is 3.15. The first-order chi connectivity index (χ1) is 14.4. The molecule has 2 aromatic rings. The Morgan fingerprint density at radius 3 is 2.47 bits per heavy atom.